The Bertz CT molecular complexity index is 468. The lowest BCUT2D eigenvalue weighted by Crippen LogP contribution is -2.13. The van der Waals surface area contributed by atoms with Crippen molar-refractivity contribution in [3.63, 3.8) is 0 Å². The van der Waals surface area contributed by atoms with Gasteiger partial charge in [-0.2, -0.15) is 0 Å². The standard InChI is InChI=1S/C12H13ClF2N2S/c1-6(2)10-5-16-12(18-10)17-11-8(13)3-7(14)4-9(11)15/h3-4,6,10H,5H2,1-2H3,(H,16,17). The Morgan fingerprint density at radius 3 is 2.72 bits per heavy atom. The van der Waals surface area contributed by atoms with Gasteiger partial charge in [0.25, 0.3) is 0 Å². The molecule has 0 aliphatic carbocycles. The molecule has 0 radical (unpaired) electrons. The molecule has 1 aliphatic heterocycles. The van der Waals surface area contributed by atoms with E-state index in [1.807, 2.05) is 0 Å². The molecule has 1 N–H and O–H groups in total. The molecule has 1 atom stereocenters. The first-order chi connectivity index (χ1) is 8.47. The van der Waals surface area contributed by atoms with Crippen LogP contribution in [0.4, 0.5) is 14.5 Å². The second kappa shape index (κ2) is 5.45. The number of hydrogen-bond acceptors (Lipinski definition) is 3. The van der Waals surface area contributed by atoms with Crippen LogP contribution >= 0.6 is 23.4 Å². The van der Waals surface area contributed by atoms with Gasteiger partial charge >= 0.3 is 0 Å². The lowest BCUT2D eigenvalue weighted by Gasteiger charge is -2.13. The van der Waals surface area contributed by atoms with E-state index in [-0.39, 0.29) is 10.7 Å². The normalized spacial score (nSPS) is 19.2. The van der Waals surface area contributed by atoms with E-state index in [0.29, 0.717) is 22.9 Å². The number of hydrogen-bond donors (Lipinski definition) is 1. The summed E-state index contributed by atoms with van der Waals surface area (Å²) in [4.78, 5) is 4.29. The largest absolute Gasteiger partial charge is 0.331 e. The molecule has 1 heterocycles. The molecule has 0 spiro atoms. The molecule has 98 valence electrons. The zero-order valence-corrected chi connectivity index (χ0v) is 11.6. The van der Waals surface area contributed by atoms with Crippen LogP contribution < -0.4 is 5.32 Å². The van der Waals surface area contributed by atoms with Crippen molar-refractivity contribution < 1.29 is 8.78 Å². The molecule has 2 rings (SSSR count). The van der Waals surface area contributed by atoms with Gasteiger partial charge in [-0.15, -0.1) is 0 Å². The van der Waals surface area contributed by atoms with Crippen LogP contribution in [0.1, 0.15) is 13.8 Å². The van der Waals surface area contributed by atoms with Crippen molar-refractivity contribution in [2.75, 3.05) is 11.9 Å². The molecular formula is C12H13ClF2N2S. The van der Waals surface area contributed by atoms with E-state index in [4.69, 9.17) is 11.6 Å². The lowest BCUT2D eigenvalue weighted by atomic mass is 10.1. The third-order valence-corrected chi connectivity index (χ3v) is 4.41. The topological polar surface area (TPSA) is 24.4 Å². The van der Waals surface area contributed by atoms with Gasteiger partial charge in [-0.05, 0) is 12.0 Å². The van der Waals surface area contributed by atoms with Crippen molar-refractivity contribution in [2.45, 2.75) is 19.1 Å². The first-order valence-electron chi connectivity index (χ1n) is 5.60. The highest BCUT2D eigenvalue weighted by atomic mass is 35.5. The maximum Gasteiger partial charge on any atom is 0.161 e. The minimum Gasteiger partial charge on any atom is -0.331 e. The number of benzene rings is 1. The Kier molecular flexibility index (Phi) is 4.12. The van der Waals surface area contributed by atoms with Gasteiger partial charge < -0.3 is 5.32 Å². The fourth-order valence-electron chi connectivity index (χ4n) is 1.58. The highest BCUT2D eigenvalue weighted by molar-refractivity contribution is 8.15. The van der Waals surface area contributed by atoms with E-state index in [1.165, 1.54) is 0 Å². The van der Waals surface area contributed by atoms with Crippen LogP contribution in [0.15, 0.2) is 17.1 Å². The predicted octanol–water partition coefficient (Wildman–Crippen LogP) is 4.16. The Morgan fingerprint density at radius 2 is 2.17 bits per heavy atom. The zero-order chi connectivity index (χ0) is 13.3. The number of nitrogens with one attached hydrogen (secondary N) is 1. The molecule has 0 saturated carbocycles. The predicted molar refractivity (Wildman–Crippen MR) is 73.5 cm³/mol. The fourth-order valence-corrected chi connectivity index (χ4v) is 2.84. The molecule has 1 unspecified atom stereocenters. The average molecular weight is 291 g/mol. The summed E-state index contributed by atoms with van der Waals surface area (Å²) in [5.74, 6) is -0.910. The average Bonchev–Trinajstić information content (AvgIpc) is 2.71. The number of amidine groups is 1. The number of nitrogens with zero attached hydrogens (tertiary/aromatic N) is 1. The Balaban J connectivity index is 2.12. The van der Waals surface area contributed by atoms with E-state index in [0.717, 1.165) is 12.1 Å². The second-order valence-corrected chi connectivity index (χ2v) is 6.05. The molecule has 18 heavy (non-hydrogen) atoms. The summed E-state index contributed by atoms with van der Waals surface area (Å²) in [6.07, 6.45) is 0. The van der Waals surface area contributed by atoms with E-state index < -0.39 is 11.6 Å². The van der Waals surface area contributed by atoms with Gasteiger partial charge in [0.15, 0.2) is 11.0 Å². The van der Waals surface area contributed by atoms with Crippen LogP contribution in [0.25, 0.3) is 0 Å². The summed E-state index contributed by atoms with van der Waals surface area (Å²) in [6, 6.07) is 1.88. The van der Waals surface area contributed by atoms with E-state index in [1.54, 1.807) is 11.8 Å². The number of halogens is 3. The molecular weight excluding hydrogens is 278 g/mol. The van der Waals surface area contributed by atoms with Crippen molar-refractivity contribution in [1.29, 1.82) is 0 Å². The Morgan fingerprint density at radius 1 is 1.44 bits per heavy atom. The number of thioether (sulfide) groups is 1. The van der Waals surface area contributed by atoms with Crippen LogP contribution in [0, 0.1) is 17.6 Å². The molecule has 1 aliphatic rings. The quantitative estimate of drug-likeness (QED) is 0.884. The maximum absolute atomic E-state index is 13.6. The third-order valence-electron chi connectivity index (χ3n) is 2.66. The van der Waals surface area contributed by atoms with Crippen molar-refractivity contribution >= 4 is 34.2 Å². The maximum atomic E-state index is 13.6. The summed E-state index contributed by atoms with van der Waals surface area (Å²) < 4.78 is 26.5. The van der Waals surface area contributed by atoms with Gasteiger partial charge in [0.2, 0.25) is 0 Å². The first-order valence-corrected chi connectivity index (χ1v) is 6.86. The monoisotopic (exact) mass is 290 g/mol. The van der Waals surface area contributed by atoms with Gasteiger partial charge in [-0.25, -0.2) is 8.78 Å². The number of aliphatic imine (C=N–C) groups is 1. The summed E-state index contributed by atoms with van der Waals surface area (Å²) in [6.45, 7) is 4.92. The highest BCUT2D eigenvalue weighted by Gasteiger charge is 2.23. The summed E-state index contributed by atoms with van der Waals surface area (Å²) in [5.41, 5.74) is 0.0775. The number of anilines is 1. The fraction of sp³-hybridized carbons (Fsp3) is 0.417. The molecule has 0 bridgehead atoms. The van der Waals surface area contributed by atoms with Crippen LogP contribution in [0.2, 0.25) is 5.02 Å². The Labute approximate surface area is 114 Å². The molecule has 2 nitrogen and oxygen atoms in total. The van der Waals surface area contributed by atoms with E-state index in [2.05, 4.69) is 24.2 Å². The Hall–Kier alpha value is -0.810. The molecule has 0 fully saturated rings. The van der Waals surface area contributed by atoms with Crippen molar-refractivity contribution in [1.82, 2.24) is 0 Å². The van der Waals surface area contributed by atoms with Crippen molar-refractivity contribution in [2.24, 2.45) is 10.9 Å². The zero-order valence-electron chi connectivity index (χ0n) is 10.0. The van der Waals surface area contributed by atoms with Gasteiger partial charge in [-0.1, -0.05) is 37.2 Å². The lowest BCUT2D eigenvalue weighted by molar-refractivity contribution is 0.586. The van der Waals surface area contributed by atoms with E-state index in [9.17, 15) is 8.78 Å². The molecule has 1 aromatic carbocycles. The molecule has 1 aromatic rings. The van der Waals surface area contributed by atoms with Gasteiger partial charge in [0.05, 0.1) is 17.3 Å². The van der Waals surface area contributed by atoms with Crippen molar-refractivity contribution in [3.05, 3.63) is 28.8 Å². The SMILES string of the molecule is CC(C)C1CN=C(Nc2c(F)cc(F)cc2Cl)S1. The number of rotatable bonds is 2. The summed E-state index contributed by atoms with van der Waals surface area (Å²) in [5, 5.41) is 3.86. The highest BCUT2D eigenvalue weighted by Crippen LogP contribution is 2.31. The molecule has 6 heteroatoms. The smallest absolute Gasteiger partial charge is 0.161 e. The summed E-state index contributed by atoms with van der Waals surface area (Å²) >= 11 is 7.36. The summed E-state index contributed by atoms with van der Waals surface area (Å²) in [7, 11) is 0. The third kappa shape index (κ3) is 2.95. The van der Waals surface area contributed by atoms with E-state index >= 15 is 0 Å². The van der Waals surface area contributed by atoms with Crippen molar-refractivity contribution in [3.8, 4) is 0 Å². The van der Waals surface area contributed by atoms with Crippen LogP contribution in [0.3, 0.4) is 0 Å². The van der Waals surface area contributed by atoms with Gasteiger partial charge in [0, 0.05) is 11.3 Å². The van der Waals surface area contributed by atoms with Crippen LogP contribution in [0.5, 0.6) is 0 Å². The molecule has 0 aromatic heterocycles. The minimum atomic E-state index is -0.712. The molecule has 0 amide bonds. The second-order valence-electron chi connectivity index (χ2n) is 4.42. The van der Waals surface area contributed by atoms with Gasteiger partial charge in [-0.3, -0.25) is 4.99 Å². The molecule has 0 saturated heterocycles. The first kappa shape index (κ1) is 13.6. The van der Waals surface area contributed by atoms with Crippen LogP contribution in [-0.2, 0) is 0 Å². The minimum absolute atomic E-state index is 0.0174. The van der Waals surface area contributed by atoms with Gasteiger partial charge in [0.1, 0.15) is 5.82 Å². The van der Waals surface area contributed by atoms with Crippen LogP contribution in [-0.4, -0.2) is 17.0 Å².